The molecule has 0 amide bonds. The normalized spacial score (nSPS) is 10.3. The van der Waals surface area contributed by atoms with Crippen LogP contribution < -0.4 is 9.47 Å². The van der Waals surface area contributed by atoms with E-state index in [2.05, 4.69) is 15.9 Å². The van der Waals surface area contributed by atoms with Crippen LogP contribution in [0.3, 0.4) is 0 Å². The Morgan fingerprint density at radius 3 is 2.48 bits per heavy atom. The topological polar surface area (TPSA) is 35.5 Å². The maximum Gasteiger partial charge on any atom is 0.196 e. The van der Waals surface area contributed by atoms with Crippen molar-refractivity contribution in [2.75, 3.05) is 14.2 Å². The van der Waals surface area contributed by atoms with Crippen LogP contribution in [-0.4, -0.2) is 20.0 Å². The molecule has 0 aliphatic carbocycles. The van der Waals surface area contributed by atoms with E-state index in [-0.39, 0.29) is 16.4 Å². The number of rotatable bonds is 4. The summed E-state index contributed by atoms with van der Waals surface area (Å²) in [6.45, 7) is 0. The van der Waals surface area contributed by atoms with Crippen LogP contribution in [0.25, 0.3) is 0 Å². The molecular formula is C15H11BrClFO3. The Hall–Kier alpha value is -1.59. The number of ether oxygens (including phenoxy) is 2. The lowest BCUT2D eigenvalue weighted by atomic mass is 10.0. The first-order chi connectivity index (χ1) is 9.99. The van der Waals surface area contributed by atoms with Gasteiger partial charge < -0.3 is 9.47 Å². The first kappa shape index (κ1) is 15.8. The van der Waals surface area contributed by atoms with E-state index >= 15 is 0 Å². The van der Waals surface area contributed by atoms with Gasteiger partial charge >= 0.3 is 0 Å². The van der Waals surface area contributed by atoms with Crippen molar-refractivity contribution >= 4 is 33.3 Å². The largest absolute Gasteiger partial charge is 0.495 e. The Labute approximate surface area is 134 Å². The molecule has 0 spiro atoms. The predicted molar refractivity (Wildman–Crippen MR) is 82.1 cm³/mol. The molecule has 0 aromatic heterocycles. The highest BCUT2D eigenvalue weighted by molar-refractivity contribution is 9.10. The minimum absolute atomic E-state index is 0.0329. The molecule has 0 N–H and O–H groups in total. The second-order valence-corrected chi connectivity index (χ2v) is 5.32. The predicted octanol–water partition coefficient (Wildman–Crippen LogP) is 4.49. The van der Waals surface area contributed by atoms with Crippen LogP contribution in [0.2, 0.25) is 5.02 Å². The molecule has 0 fully saturated rings. The number of carbonyl (C=O) groups excluding carboxylic acids is 1. The van der Waals surface area contributed by atoms with E-state index in [1.165, 1.54) is 26.4 Å². The van der Waals surface area contributed by atoms with Crippen molar-refractivity contribution in [1.29, 1.82) is 0 Å². The fourth-order valence-corrected chi connectivity index (χ4v) is 2.65. The van der Waals surface area contributed by atoms with Gasteiger partial charge in [-0.2, -0.15) is 0 Å². The molecule has 0 aliphatic heterocycles. The Balaban J connectivity index is 2.52. The summed E-state index contributed by atoms with van der Waals surface area (Å²) in [7, 11) is 2.95. The van der Waals surface area contributed by atoms with Gasteiger partial charge in [-0.05, 0) is 46.3 Å². The van der Waals surface area contributed by atoms with Gasteiger partial charge in [0.1, 0.15) is 21.8 Å². The fourth-order valence-electron chi connectivity index (χ4n) is 1.87. The monoisotopic (exact) mass is 372 g/mol. The Kier molecular flexibility index (Phi) is 4.85. The first-order valence-electron chi connectivity index (χ1n) is 5.89. The van der Waals surface area contributed by atoms with Crippen molar-refractivity contribution in [3.05, 3.63) is 56.8 Å². The molecule has 21 heavy (non-hydrogen) atoms. The third kappa shape index (κ3) is 3.04. The van der Waals surface area contributed by atoms with Crippen LogP contribution in [0.15, 0.2) is 34.8 Å². The van der Waals surface area contributed by atoms with E-state index in [0.717, 1.165) is 6.07 Å². The fraction of sp³-hybridized carbons (Fsp3) is 0.133. The smallest absolute Gasteiger partial charge is 0.196 e. The van der Waals surface area contributed by atoms with Crippen molar-refractivity contribution in [1.82, 2.24) is 0 Å². The van der Waals surface area contributed by atoms with Gasteiger partial charge in [0.25, 0.3) is 0 Å². The number of hydrogen-bond donors (Lipinski definition) is 0. The summed E-state index contributed by atoms with van der Waals surface area (Å²) < 4.78 is 24.4. The van der Waals surface area contributed by atoms with Crippen LogP contribution in [0.4, 0.5) is 4.39 Å². The number of hydrogen-bond acceptors (Lipinski definition) is 3. The molecule has 0 atom stereocenters. The van der Waals surface area contributed by atoms with Gasteiger partial charge in [0, 0.05) is 5.56 Å². The second kappa shape index (κ2) is 6.45. The molecule has 0 bridgehead atoms. The Morgan fingerprint density at radius 2 is 1.90 bits per heavy atom. The lowest BCUT2D eigenvalue weighted by Gasteiger charge is -2.12. The van der Waals surface area contributed by atoms with Crippen LogP contribution in [0.1, 0.15) is 15.9 Å². The molecule has 0 unspecified atom stereocenters. The number of ketones is 1. The number of benzene rings is 2. The SMILES string of the molecule is COc1ccc(C(=O)c2ccc(Cl)c(F)c2)c(OC)c1Br. The van der Waals surface area contributed by atoms with Crippen molar-refractivity contribution < 1.29 is 18.7 Å². The molecule has 0 heterocycles. The average molecular weight is 374 g/mol. The summed E-state index contributed by atoms with van der Waals surface area (Å²) in [5.74, 6) is -0.153. The zero-order chi connectivity index (χ0) is 15.6. The molecule has 0 saturated heterocycles. The van der Waals surface area contributed by atoms with Crippen LogP contribution in [0, 0.1) is 5.82 Å². The summed E-state index contributed by atoms with van der Waals surface area (Å²) in [5, 5.41) is -0.0329. The zero-order valence-corrected chi connectivity index (χ0v) is 13.6. The van der Waals surface area contributed by atoms with Crippen LogP contribution in [-0.2, 0) is 0 Å². The van der Waals surface area contributed by atoms with E-state index in [1.807, 2.05) is 0 Å². The standard InChI is InChI=1S/C15H11BrClFO3/c1-20-12-6-4-9(15(21-2)13(12)16)14(19)8-3-5-10(17)11(18)7-8/h3-7H,1-2H3. The second-order valence-electron chi connectivity index (χ2n) is 4.12. The van der Waals surface area contributed by atoms with Crippen LogP contribution in [0.5, 0.6) is 11.5 Å². The lowest BCUT2D eigenvalue weighted by molar-refractivity contribution is 0.103. The van der Waals surface area contributed by atoms with Crippen molar-refractivity contribution in [2.45, 2.75) is 0 Å². The van der Waals surface area contributed by atoms with Crippen LogP contribution >= 0.6 is 27.5 Å². The van der Waals surface area contributed by atoms with Gasteiger partial charge in [0.05, 0.1) is 24.8 Å². The van der Waals surface area contributed by atoms with E-state index in [4.69, 9.17) is 21.1 Å². The molecule has 110 valence electrons. The van der Waals surface area contributed by atoms with Crippen molar-refractivity contribution in [2.24, 2.45) is 0 Å². The van der Waals surface area contributed by atoms with E-state index in [1.54, 1.807) is 12.1 Å². The molecule has 0 radical (unpaired) electrons. The van der Waals surface area contributed by atoms with Gasteiger partial charge in [-0.1, -0.05) is 11.6 Å². The summed E-state index contributed by atoms with van der Waals surface area (Å²) in [4.78, 5) is 12.5. The highest BCUT2D eigenvalue weighted by Crippen LogP contribution is 2.38. The summed E-state index contributed by atoms with van der Waals surface area (Å²) in [6.07, 6.45) is 0. The van der Waals surface area contributed by atoms with Crippen molar-refractivity contribution in [3.8, 4) is 11.5 Å². The highest BCUT2D eigenvalue weighted by atomic mass is 79.9. The summed E-state index contributed by atoms with van der Waals surface area (Å²) in [6, 6.07) is 7.10. The third-order valence-electron chi connectivity index (χ3n) is 2.91. The zero-order valence-electron chi connectivity index (χ0n) is 11.2. The molecular weight excluding hydrogens is 363 g/mol. The minimum Gasteiger partial charge on any atom is -0.495 e. The third-order valence-corrected chi connectivity index (χ3v) is 3.97. The highest BCUT2D eigenvalue weighted by Gasteiger charge is 2.20. The van der Waals surface area contributed by atoms with E-state index < -0.39 is 5.82 Å². The molecule has 2 aromatic rings. The molecule has 2 aromatic carbocycles. The number of carbonyl (C=O) groups is 1. The maximum absolute atomic E-state index is 13.5. The average Bonchev–Trinajstić information content (AvgIpc) is 2.49. The van der Waals surface area contributed by atoms with Gasteiger partial charge in [-0.25, -0.2) is 4.39 Å². The number of methoxy groups -OCH3 is 2. The Bertz CT molecular complexity index is 704. The summed E-state index contributed by atoms with van der Waals surface area (Å²) >= 11 is 8.94. The molecule has 2 rings (SSSR count). The quantitative estimate of drug-likeness (QED) is 0.741. The van der Waals surface area contributed by atoms with E-state index in [9.17, 15) is 9.18 Å². The van der Waals surface area contributed by atoms with Gasteiger partial charge in [0.2, 0.25) is 0 Å². The molecule has 0 aliphatic rings. The van der Waals surface area contributed by atoms with Crippen molar-refractivity contribution in [3.63, 3.8) is 0 Å². The molecule has 3 nitrogen and oxygen atoms in total. The first-order valence-corrected chi connectivity index (χ1v) is 7.07. The summed E-state index contributed by atoms with van der Waals surface area (Å²) in [5.41, 5.74) is 0.485. The lowest BCUT2D eigenvalue weighted by Crippen LogP contribution is -2.05. The van der Waals surface area contributed by atoms with Gasteiger partial charge in [-0.15, -0.1) is 0 Å². The molecule has 6 heteroatoms. The van der Waals surface area contributed by atoms with Gasteiger partial charge in [0.15, 0.2) is 5.78 Å². The number of halogens is 3. The molecule has 0 saturated carbocycles. The van der Waals surface area contributed by atoms with E-state index in [0.29, 0.717) is 21.5 Å². The maximum atomic E-state index is 13.5. The Morgan fingerprint density at radius 1 is 1.19 bits per heavy atom. The van der Waals surface area contributed by atoms with Gasteiger partial charge in [-0.3, -0.25) is 4.79 Å². The minimum atomic E-state index is -0.644.